The van der Waals surface area contributed by atoms with E-state index in [0.717, 1.165) is 25.9 Å². The molecule has 0 aromatic carbocycles. The van der Waals surface area contributed by atoms with E-state index in [9.17, 15) is 4.79 Å². The van der Waals surface area contributed by atoms with E-state index < -0.39 is 5.97 Å². The molecule has 98 valence electrons. The van der Waals surface area contributed by atoms with Crippen LogP contribution in [0.25, 0.3) is 0 Å². The molecule has 2 heterocycles. The van der Waals surface area contributed by atoms with Crippen LogP contribution in [0, 0.1) is 0 Å². The molecule has 3 unspecified atom stereocenters. The van der Waals surface area contributed by atoms with E-state index in [1.165, 1.54) is 0 Å². The second-order valence-electron chi connectivity index (χ2n) is 4.88. The van der Waals surface area contributed by atoms with Crippen LogP contribution in [-0.4, -0.2) is 60.5 Å². The molecule has 0 spiro atoms. The highest BCUT2D eigenvalue weighted by molar-refractivity contribution is 5.67. The molecule has 2 saturated heterocycles. The first kappa shape index (κ1) is 12.8. The molecule has 0 aromatic rings. The highest BCUT2D eigenvalue weighted by atomic mass is 16.5. The lowest BCUT2D eigenvalue weighted by molar-refractivity contribution is -0.141. The highest BCUT2D eigenvalue weighted by Gasteiger charge is 2.35. The van der Waals surface area contributed by atoms with Crippen molar-refractivity contribution in [2.45, 2.75) is 44.4 Å². The van der Waals surface area contributed by atoms with E-state index in [-0.39, 0.29) is 24.7 Å². The summed E-state index contributed by atoms with van der Waals surface area (Å²) in [7, 11) is 0. The summed E-state index contributed by atoms with van der Waals surface area (Å²) in [6.07, 6.45) is 2.50. The Morgan fingerprint density at radius 2 is 2.12 bits per heavy atom. The first-order valence-corrected chi connectivity index (χ1v) is 6.36. The maximum Gasteiger partial charge on any atom is 0.305 e. The minimum absolute atomic E-state index is 0.00125. The molecule has 2 rings (SSSR count). The van der Waals surface area contributed by atoms with Crippen molar-refractivity contribution >= 4 is 5.97 Å². The highest BCUT2D eigenvalue weighted by Crippen LogP contribution is 2.26. The number of carbonyl (C=O) groups is 1. The lowest BCUT2D eigenvalue weighted by atomic mass is 10.0. The summed E-state index contributed by atoms with van der Waals surface area (Å²) in [6, 6.07) is 0.00125. The van der Waals surface area contributed by atoms with Gasteiger partial charge in [-0.3, -0.25) is 9.69 Å². The van der Waals surface area contributed by atoms with Crippen LogP contribution in [-0.2, 0) is 14.3 Å². The molecule has 2 aliphatic rings. The minimum atomic E-state index is -0.746. The van der Waals surface area contributed by atoms with Crippen LogP contribution in [0.3, 0.4) is 0 Å². The molecule has 0 aliphatic carbocycles. The van der Waals surface area contributed by atoms with Crippen molar-refractivity contribution in [1.82, 2.24) is 4.90 Å². The lowest BCUT2D eigenvalue weighted by Crippen LogP contribution is -2.50. The third-order valence-corrected chi connectivity index (χ3v) is 3.59. The average molecular weight is 243 g/mol. The number of morpholine rings is 1. The Bertz CT molecular complexity index is 260. The van der Waals surface area contributed by atoms with Crippen LogP contribution >= 0.6 is 0 Å². The standard InChI is InChI=1S/C12H21NO4/c1-9-2-3-11(17-9)10(8-12(14)15)13-4-6-16-7-5-13/h9-11H,2-8H2,1H3,(H,14,15). The van der Waals surface area contributed by atoms with Gasteiger partial charge in [0, 0.05) is 19.1 Å². The van der Waals surface area contributed by atoms with Gasteiger partial charge in [0.15, 0.2) is 0 Å². The number of aliphatic carboxylic acids is 1. The van der Waals surface area contributed by atoms with Crippen molar-refractivity contribution in [3.05, 3.63) is 0 Å². The number of hydrogen-bond donors (Lipinski definition) is 1. The van der Waals surface area contributed by atoms with Crippen LogP contribution in [0.5, 0.6) is 0 Å². The van der Waals surface area contributed by atoms with Gasteiger partial charge in [-0.05, 0) is 19.8 Å². The third kappa shape index (κ3) is 3.40. The Kier molecular flexibility index (Phi) is 4.36. The first-order chi connectivity index (χ1) is 8.16. The maximum absolute atomic E-state index is 11.0. The molecular weight excluding hydrogens is 222 g/mol. The number of ether oxygens (including phenoxy) is 2. The van der Waals surface area contributed by atoms with Gasteiger partial charge in [-0.1, -0.05) is 0 Å². The molecule has 17 heavy (non-hydrogen) atoms. The molecule has 3 atom stereocenters. The number of carboxylic acids is 1. The molecular formula is C12H21NO4. The van der Waals surface area contributed by atoms with E-state index in [2.05, 4.69) is 11.8 Å². The Balaban J connectivity index is 1.98. The van der Waals surface area contributed by atoms with Gasteiger partial charge >= 0.3 is 5.97 Å². The second kappa shape index (κ2) is 5.80. The second-order valence-corrected chi connectivity index (χ2v) is 4.88. The van der Waals surface area contributed by atoms with Crippen molar-refractivity contribution in [1.29, 1.82) is 0 Å². The predicted molar refractivity (Wildman–Crippen MR) is 62.0 cm³/mol. The molecule has 5 nitrogen and oxygen atoms in total. The zero-order valence-electron chi connectivity index (χ0n) is 10.3. The number of carboxylic acid groups (broad SMARTS) is 1. The van der Waals surface area contributed by atoms with Crippen molar-refractivity contribution < 1.29 is 19.4 Å². The quantitative estimate of drug-likeness (QED) is 0.788. The average Bonchev–Trinajstić information content (AvgIpc) is 2.73. The monoisotopic (exact) mass is 243 g/mol. The summed E-state index contributed by atoms with van der Waals surface area (Å²) in [5.41, 5.74) is 0. The molecule has 5 heteroatoms. The van der Waals surface area contributed by atoms with Gasteiger partial charge in [0.25, 0.3) is 0 Å². The molecule has 0 amide bonds. The van der Waals surface area contributed by atoms with Gasteiger partial charge < -0.3 is 14.6 Å². The van der Waals surface area contributed by atoms with Gasteiger partial charge in [-0.25, -0.2) is 0 Å². The zero-order chi connectivity index (χ0) is 12.3. The Labute approximate surface area is 102 Å². The van der Waals surface area contributed by atoms with E-state index >= 15 is 0 Å². The third-order valence-electron chi connectivity index (χ3n) is 3.59. The fourth-order valence-electron chi connectivity index (χ4n) is 2.70. The van der Waals surface area contributed by atoms with Gasteiger partial charge in [0.05, 0.1) is 31.8 Å². The van der Waals surface area contributed by atoms with Crippen molar-refractivity contribution in [3.8, 4) is 0 Å². The van der Waals surface area contributed by atoms with Crippen molar-refractivity contribution in [2.75, 3.05) is 26.3 Å². The minimum Gasteiger partial charge on any atom is -0.481 e. The van der Waals surface area contributed by atoms with Crippen molar-refractivity contribution in [3.63, 3.8) is 0 Å². The van der Waals surface area contributed by atoms with Gasteiger partial charge in [-0.15, -0.1) is 0 Å². The lowest BCUT2D eigenvalue weighted by Gasteiger charge is -2.36. The molecule has 0 saturated carbocycles. The Morgan fingerprint density at radius 3 is 2.65 bits per heavy atom. The topological polar surface area (TPSA) is 59.0 Å². The molecule has 0 radical (unpaired) electrons. The largest absolute Gasteiger partial charge is 0.481 e. The van der Waals surface area contributed by atoms with Crippen LogP contribution in [0.15, 0.2) is 0 Å². The molecule has 2 fully saturated rings. The van der Waals surface area contributed by atoms with E-state index in [1.807, 2.05) is 0 Å². The van der Waals surface area contributed by atoms with Gasteiger partial charge in [0.1, 0.15) is 0 Å². The molecule has 0 aromatic heterocycles. The summed E-state index contributed by atoms with van der Waals surface area (Å²) in [4.78, 5) is 13.2. The van der Waals surface area contributed by atoms with Crippen LogP contribution in [0.4, 0.5) is 0 Å². The normalized spacial score (nSPS) is 32.5. The number of rotatable bonds is 4. The Morgan fingerprint density at radius 1 is 1.41 bits per heavy atom. The van der Waals surface area contributed by atoms with Crippen LogP contribution in [0.2, 0.25) is 0 Å². The van der Waals surface area contributed by atoms with Crippen LogP contribution in [0.1, 0.15) is 26.2 Å². The first-order valence-electron chi connectivity index (χ1n) is 6.36. The molecule has 1 N–H and O–H groups in total. The summed E-state index contributed by atoms with van der Waals surface area (Å²) < 4.78 is 11.1. The maximum atomic E-state index is 11.0. The molecule has 2 aliphatic heterocycles. The van der Waals surface area contributed by atoms with E-state index in [0.29, 0.717) is 13.2 Å². The number of nitrogens with zero attached hydrogens (tertiary/aromatic N) is 1. The SMILES string of the molecule is CC1CCC(C(CC(=O)O)N2CCOCC2)O1. The summed E-state index contributed by atoms with van der Waals surface area (Å²) >= 11 is 0. The summed E-state index contributed by atoms with van der Waals surface area (Å²) in [5, 5.41) is 9.03. The van der Waals surface area contributed by atoms with Crippen molar-refractivity contribution in [2.24, 2.45) is 0 Å². The number of hydrogen-bond acceptors (Lipinski definition) is 4. The molecule has 0 bridgehead atoms. The fraction of sp³-hybridized carbons (Fsp3) is 0.917. The summed E-state index contributed by atoms with van der Waals surface area (Å²) in [6.45, 7) is 5.06. The zero-order valence-corrected chi connectivity index (χ0v) is 10.3. The Hall–Kier alpha value is -0.650. The van der Waals surface area contributed by atoms with Gasteiger partial charge in [-0.2, -0.15) is 0 Å². The smallest absolute Gasteiger partial charge is 0.305 e. The fourth-order valence-corrected chi connectivity index (χ4v) is 2.70. The van der Waals surface area contributed by atoms with E-state index in [1.54, 1.807) is 0 Å². The van der Waals surface area contributed by atoms with Crippen LogP contribution < -0.4 is 0 Å². The van der Waals surface area contributed by atoms with Gasteiger partial charge in [0.2, 0.25) is 0 Å². The predicted octanol–water partition coefficient (Wildman–Crippen LogP) is 0.729. The summed E-state index contributed by atoms with van der Waals surface area (Å²) in [5.74, 6) is -0.746. The van der Waals surface area contributed by atoms with E-state index in [4.69, 9.17) is 14.6 Å².